The van der Waals surface area contributed by atoms with E-state index in [9.17, 15) is 0 Å². The normalized spacial score (nSPS) is 12.9. The topological polar surface area (TPSA) is 24.9 Å². The van der Waals surface area contributed by atoms with E-state index in [1.165, 1.54) is 16.1 Å². The summed E-state index contributed by atoms with van der Waals surface area (Å²) in [6.45, 7) is 8.59. The Kier molecular flexibility index (Phi) is 5.83. The average molecular weight is 388 g/mol. The Balaban J connectivity index is 2.46. The molecular formula is C16H20BrClN2S. The molecule has 0 amide bonds. The van der Waals surface area contributed by atoms with E-state index in [-0.39, 0.29) is 6.04 Å². The van der Waals surface area contributed by atoms with E-state index in [1.54, 1.807) is 11.3 Å². The summed E-state index contributed by atoms with van der Waals surface area (Å²) in [5, 5.41) is 5.46. The summed E-state index contributed by atoms with van der Waals surface area (Å²) in [5.74, 6) is 0. The largest absolute Gasteiger partial charge is 0.302 e. The second kappa shape index (κ2) is 7.23. The number of hydrogen-bond acceptors (Lipinski definition) is 3. The fourth-order valence-corrected chi connectivity index (χ4v) is 4.27. The molecule has 0 radical (unpaired) electrons. The SMILES string of the molecule is CCc1nc(C(NC(C)C)c2ccc(Cl)cc2Br)sc1C. The standard InChI is InChI=1S/C16H20BrClN2S/c1-5-14-10(4)21-16(20-14)15(19-9(2)3)12-7-6-11(18)8-13(12)17/h6-9,15,19H,5H2,1-4H3. The highest BCUT2D eigenvalue weighted by Crippen LogP contribution is 2.34. The predicted molar refractivity (Wildman–Crippen MR) is 95.5 cm³/mol. The second-order valence-electron chi connectivity index (χ2n) is 5.33. The third-order valence-electron chi connectivity index (χ3n) is 3.26. The van der Waals surface area contributed by atoms with Crippen LogP contribution in [-0.4, -0.2) is 11.0 Å². The molecule has 1 atom stereocenters. The van der Waals surface area contributed by atoms with Gasteiger partial charge < -0.3 is 5.32 Å². The Morgan fingerprint density at radius 1 is 1.38 bits per heavy atom. The first kappa shape index (κ1) is 16.9. The molecule has 114 valence electrons. The van der Waals surface area contributed by atoms with Crippen LogP contribution in [0.2, 0.25) is 5.02 Å². The van der Waals surface area contributed by atoms with Gasteiger partial charge in [0.05, 0.1) is 11.7 Å². The molecule has 0 aliphatic rings. The Bertz CT molecular complexity index is 625. The smallest absolute Gasteiger partial charge is 0.115 e. The Morgan fingerprint density at radius 2 is 2.10 bits per heavy atom. The molecular weight excluding hydrogens is 368 g/mol. The average Bonchev–Trinajstić information content (AvgIpc) is 2.77. The molecule has 2 nitrogen and oxygen atoms in total. The monoisotopic (exact) mass is 386 g/mol. The van der Waals surface area contributed by atoms with E-state index in [1.807, 2.05) is 12.1 Å². The van der Waals surface area contributed by atoms with Gasteiger partial charge in [-0.15, -0.1) is 11.3 Å². The molecule has 21 heavy (non-hydrogen) atoms. The fraction of sp³-hybridized carbons (Fsp3) is 0.438. The number of rotatable bonds is 5. The number of aromatic nitrogens is 1. The van der Waals surface area contributed by atoms with Crippen molar-refractivity contribution in [1.82, 2.24) is 10.3 Å². The minimum atomic E-state index is 0.0839. The van der Waals surface area contributed by atoms with Crippen LogP contribution in [-0.2, 0) is 6.42 Å². The molecule has 0 saturated carbocycles. The summed E-state index contributed by atoms with van der Waals surface area (Å²) < 4.78 is 1.01. The molecule has 0 aliphatic heterocycles. The first-order chi connectivity index (χ1) is 9.92. The zero-order valence-electron chi connectivity index (χ0n) is 12.7. The molecule has 2 aromatic rings. The van der Waals surface area contributed by atoms with E-state index in [0.717, 1.165) is 20.9 Å². The predicted octanol–water partition coefficient (Wildman–Crippen LogP) is 5.52. The first-order valence-electron chi connectivity index (χ1n) is 7.09. The molecule has 5 heteroatoms. The van der Waals surface area contributed by atoms with E-state index < -0.39 is 0 Å². The number of aryl methyl sites for hydroxylation is 2. The van der Waals surface area contributed by atoms with E-state index in [2.05, 4.69) is 55.0 Å². The molecule has 0 aliphatic carbocycles. The lowest BCUT2D eigenvalue weighted by atomic mass is 10.1. The van der Waals surface area contributed by atoms with Crippen molar-refractivity contribution in [2.75, 3.05) is 0 Å². The third kappa shape index (κ3) is 4.07. The second-order valence-corrected chi connectivity index (χ2v) is 7.85. The van der Waals surface area contributed by atoms with Crippen LogP contribution in [0.3, 0.4) is 0 Å². The number of halogens is 2. The van der Waals surface area contributed by atoms with Crippen LogP contribution >= 0.6 is 38.9 Å². The van der Waals surface area contributed by atoms with Crippen LogP contribution in [0.5, 0.6) is 0 Å². The lowest BCUT2D eigenvalue weighted by Gasteiger charge is -2.21. The van der Waals surface area contributed by atoms with Gasteiger partial charge in [-0.25, -0.2) is 4.98 Å². The number of nitrogens with zero attached hydrogens (tertiary/aromatic N) is 1. The van der Waals surface area contributed by atoms with E-state index in [4.69, 9.17) is 16.6 Å². The summed E-state index contributed by atoms with van der Waals surface area (Å²) in [7, 11) is 0. The maximum Gasteiger partial charge on any atom is 0.115 e. The number of nitrogens with one attached hydrogen (secondary N) is 1. The molecule has 0 saturated heterocycles. The molecule has 1 aromatic heterocycles. The van der Waals surface area contributed by atoms with Crippen molar-refractivity contribution < 1.29 is 0 Å². The third-order valence-corrected chi connectivity index (χ3v) is 5.26. The lowest BCUT2D eigenvalue weighted by Crippen LogP contribution is -2.29. The van der Waals surface area contributed by atoms with Crippen molar-refractivity contribution in [3.8, 4) is 0 Å². The van der Waals surface area contributed by atoms with Crippen LogP contribution in [0.1, 0.15) is 48.0 Å². The van der Waals surface area contributed by atoms with Gasteiger partial charge in [0.25, 0.3) is 0 Å². The Morgan fingerprint density at radius 3 is 2.62 bits per heavy atom. The molecule has 0 spiro atoms. The highest BCUT2D eigenvalue weighted by Gasteiger charge is 2.22. The Labute approximate surface area is 144 Å². The quantitative estimate of drug-likeness (QED) is 0.731. The zero-order valence-corrected chi connectivity index (χ0v) is 15.9. The van der Waals surface area contributed by atoms with E-state index >= 15 is 0 Å². The van der Waals surface area contributed by atoms with Crippen LogP contribution in [0.4, 0.5) is 0 Å². The maximum absolute atomic E-state index is 6.06. The molecule has 0 bridgehead atoms. The number of benzene rings is 1. The number of thiazole rings is 1. The number of hydrogen-bond donors (Lipinski definition) is 1. The summed E-state index contributed by atoms with van der Waals surface area (Å²) in [4.78, 5) is 6.12. The van der Waals surface area contributed by atoms with Crippen molar-refractivity contribution >= 4 is 38.9 Å². The first-order valence-corrected chi connectivity index (χ1v) is 9.08. The molecule has 0 fully saturated rings. The van der Waals surface area contributed by atoms with Gasteiger partial charge in [-0.2, -0.15) is 0 Å². The van der Waals surface area contributed by atoms with Gasteiger partial charge in [-0.1, -0.05) is 40.5 Å². The fourth-order valence-electron chi connectivity index (χ4n) is 2.26. The van der Waals surface area contributed by atoms with Crippen LogP contribution in [0, 0.1) is 6.92 Å². The minimum Gasteiger partial charge on any atom is -0.302 e. The maximum atomic E-state index is 6.06. The molecule has 2 rings (SSSR count). The van der Waals surface area contributed by atoms with Gasteiger partial charge in [0, 0.05) is 20.4 Å². The Hall–Kier alpha value is -0.420. The van der Waals surface area contributed by atoms with Gasteiger partial charge in [0.15, 0.2) is 0 Å². The summed E-state index contributed by atoms with van der Waals surface area (Å²) >= 11 is 11.5. The highest BCUT2D eigenvalue weighted by molar-refractivity contribution is 9.10. The lowest BCUT2D eigenvalue weighted by molar-refractivity contribution is 0.525. The van der Waals surface area contributed by atoms with Gasteiger partial charge in [0.1, 0.15) is 5.01 Å². The molecule has 1 unspecified atom stereocenters. The highest BCUT2D eigenvalue weighted by atomic mass is 79.9. The van der Waals surface area contributed by atoms with Crippen LogP contribution in [0.25, 0.3) is 0 Å². The summed E-state index contributed by atoms with van der Waals surface area (Å²) in [5.41, 5.74) is 2.36. The van der Waals surface area contributed by atoms with Crippen molar-refractivity contribution in [2.24, 2.45) is 0 Å². The van der Waals surface area contributed by atoms with Gasteiger partial charge in [-0.3, -0.25) is 0 Å². The van der Waals surface area contributed by atoms with Crippen molar-refractivity contribution in [1.29, 1.82) is 0 Å². The van der Waals surface area contributed by atoms with Crippen molar-refractivity contribution in [2.45, 2.75) is 46.2 Å². The summed E-state index contributed by atoms with van der Waals surface area (Å²) in [6.07, 6.45) is 0.971. The van der Waals surface area contributed by atoms with E-state index in [0.29, 0.717) is 6.04 Å². The van der Waals surface area contributed by atoms with Crippen molar-refractivity contribution in [3.05, 3.63) is 48.8 Å². The van der Waals surface area contributed by atoms with Crippen LogP contribution < -0.4 is 5.32 Å². The van der Waals surface area contributed by atoms with Crippen molar-refractivity contribution in [3.63, 3.8) is 0 Å². The van der Waals surface area contributed by atoms with Gasteiger partial charge >= 0.3 is 0 Å². The molecule has 1 N–H and O–H groups in total. The minimum absolute atomic E-state index is 0.0839. The van der Waals surface area contributed by atoms with Gasteiger partial charge in [-0.05, 0) is 44.9 Å². The van der Waals surface area contributed by atoms with Crippen LogP contribution in [0.15, 0.2) is 22.7 Å². The summed E-state index contributed by atoms with van der Waals surface area (Å²) in [6, 6.07) is 6.38. The molecule has 1 aromatic carbocycles. The van der Waals surface area contributed by atoms with Gasteiger partial charge in [0.2, 0.25) is 0 Å². The zero-order chi connectivity index (χ0) is 15.6. The molecule has 1 heterocycles.